The molecule has 0 aliphatic carbocycles. The molecule has 7 nitrogen and oxygen atoms in total. The quantitative estimate of drug-likeness (QED) is 0.381. The highest BCUT2D eigenvalue weighted by Crippen LogP contribution is 2.34. The molecule has 4 rings (SSSR count). The number of ether oxygens (including phenoxy) is 2. The highest BCUT2D eigenvalue weighted by molar-refractivity contribution is 6.07. The lowest BCUT2D eigenvalue weighted by Crippen LogP contribution is -2.18. The van der Waals surface area contributed by atoms with E-state index in [1.807, 2.05) is 48.5 Å². The zero-order valence-electron chi connectivity index (χ0n) is 17.1. The number of methoxy groups -OCH3 is 2. The lowest BCUT2D eigenvalue weighted by Gasteiger charge is -2.12. The largest absolute Gasteiger partial charge is 0.497 e. The number of amides is 1. The van der Waals surface area contributed by atoms with Gasteiger partial charge in [0.05, 0.1) is 42.9 Å². The fraction of sp³-hybridized carbons (Fsp3) is 0.0833. The molecule has 2 heterocycles. The van der Waals surface area contributed by atoms with E-state index in [1.165, 1.54) is 6.21 Å². The van der Waals surface area contributed by atoms with E-state index >= 15 is 0 Å². The van der Waals surface area contributed by atoms with Gasteiger partial charge in [-0.1, -0.05) is 24.3 Å². The Bertz CT molecular complexity index is 1260. The van der Waals surface area contributed by atoms with Crippen LogP contribution in [0.25, 0.3) is 22.2 Å². The molecule has 2 aromatic carbocycles. The van der Waals surface area contributed by atoms with Crippen molar-refractivity contribution in [1.29, 1.82) is 0 Å². The van der Waals surface area contributed by atoms with Gasteiger partial charge < -0.3 is 9.47 Å². The summed E-state index contributed by atoms with van der Waals surface area (Å²) >= 11 is 0. The molecule has 0 fully saturated rings. The second-order valence-electron chi connectivity index (χ2n) is 6.59. The van der Waals surface area contributed by atoms with Crippen LogP contribution in [0, 0.1) is 0 Å². The zero-order valence-corrected chi connectivity index (χ0v) is 17.1. The number of fused-ring (bicyclic) bond motifs is 1. The van der Waals surface area contributed by atoms with E-state index in [9.17, 15) is 4.79 Å². The standard InChI is InChI=1S/C24H20N4O3/c1-30-17-10-11-19(23(13-17)31-2)22-14-20(18-8-3-4-9-21(18)27-22)24(29)28-26-15-16-7-5-6-12-25-16/h3-15H,1-2H3,(H,28,29). The SMILES string of the molecule is COc1ccc(-c2cc(C(=O)NN=Cc3ccccn3)c3ccccc3n2)c(OC)c1. The van der Waals surface area contributed by atoms with Crippen LogP contribution in [-0.2, 0) is 0 Å². The summed E-state index contributed by atoms with van der Waals surface area (Å²) < 4.78 is 10.8. The van der Waals surface area contributed by atoms with Gasteiger partial charge in [0.1, 0.15) is 11.5 Å². The van der Waals surface area contributed by atoms with Crippen molar-refractivity contribution in [2.75, 3.05) is 14.2 Å². The number of carbonyl (C=O) groups is 1. The first-order valence-electron chi connectivity index (χ1n) is 9.56. The van der Waals surface area contributed by atoms with Crippen LogP contribution in [-0.4, -0.2) is 36.3 Å². The number of nitrogens with one attached hydrogen (secondary N) is 1. The number of hydrogen-bond donors (Lipinski definition) is 1. The predicted octanol–water partition coefficient (Wildman–Crippen LogP) is 4.08. The van der Waals surface area contributed by atoms with E-state index in [0.717, 1.165) is 10.9 Å². The number of rotatable bonds is 6. The molecule has 0 aliphatic rings. The average Bonchev–Trinajstić information content (AvgIpc) is 2.83. The molecule has 0 saturated carbocycles. The van der Waals surface area contributed by atoms with Crippen molar-refractivity contribution in [3.8, 4) is 22.8 Å². The van der Waals surface area contributed by atoms with Gasteiger partial charge in [-0.15, -0.1) is 0 Å². The van der Waals surface area contributed by atoms with Crippen molar-refractivity contribution >= 4 is 23.0 Å². The zero-order chi connectivity index (χ0) is 21.6. The molecular formula is C24H20N4O3. The molecule has 0 unspecified atom stereocenters. The smallest absolute Gasteiger partial charge is 0.272 e. The molecule has 4 aromatic rings. The molecule has 31 heavy (non-hydrogen) atoms. The predicted molar refractivity (Wildman–Crippen MR) is 120 cm³/mol. The summed E-state index contributed by atoms with van der Waals surface area (Å²) in [7, 11) is 3.18. The summed E-state index contributed by atoms with van der Waals surface area (Å²) in [6.07, 6.45) is 3.16. The van der Waals surface area contributed by atoms with Gasteiger partial charge in [-0.25, -0.2) is 10.4 Å². The maximum atomic E-state index is 13.0. The second kappa shape index (κ2) is 9.04. The first-order valence-corrected chi connectivity index (χ1v) is 9.56. The Morgan fingerprint density at radius 3 is 2.61 bits per heavy atom. The minimum Gasteiger partial charge on any atom is -0.497 e. The van der Waals surface area contributed by atoms with E-state index in [-0.39, 0.29) is 5.91 Å². The molecule has 0 radical (unpaired) electrons. The van der Waals surface area contributed by atoms with Crippen LogP contribution in [0.5, 0.6) is 11.5 Å². The summed E-state index contributed by atoms with van der Waals surface area (Å²) in [4.78, 5) is 21.8. The molecule has 1 amide bonds. The Kier molecular flexibility index (Phi) is 5.84. The van der Waals surface area contributed by atoms with Gasteiger partial charge in [-0.3, -0.25) is 9.78 Å². The summed E-state index contributed by atoms with van der Waals surface area (Å²) in [6.45, 7) is 0. The molecule has 154 valence electrons. The molecular weight excluding hydrogens is 392 g/mol. The Labute approximate surface area is 179 Å². The topological polar surface area (TPSA) is 85.7 Å². The minimum absolute atomic E-state index is 0.348. The third-order valence-electron chi connectivity index (χ3n) is 4.70. The van der Waals surface area contributed by atoms with E-state index in [1.54, 1.807) is 38.6 Å². The second-order valence-corrected chi connectivity index (χ2v) is 6.59. The van der Waals surface area contributed by atoms with Crippen LogP contribution in [0.2, 0.25) is 0 Å². The fourth-order valence-corrected chi connectivity index (χ4v) is 3.18. The van der Waals surface area contributed by atoms with Gasteiger partial charge >= 0.3 is 0 Å². The third kappa shape index (κ3) is 4.35. The van der Waals surface area contributed by atoms with Crippen molar-refractivity contribution < 1.29 is 14.3 Å². The first-order chi connectivity index (χ1) is 15.2. The average molecular weight is 412 g/mol. The number of carbonyl (C=O) groups excluding carboxylic acids is 1. The molecule has 1 N–H and O–H groups in total. The number of benzene rings is 2. The number of hydrazone groups is 1. The van der Waals surface area contributed by atoms with Crippen LogP contribution >= 0.6 is 0 Å². The van der Waals surface area contributed by atoms with Crippen LogP contribution in [0.15, 0.2) is 78.0 Å². The van der Waals surface area contributed by atoms with Crippen LogP contribution in [0.4, 0.5) is 0 Å². The summed E-state index contributed by atoms with van der Waals surface area (Å²) in [5.41, 5.74) is 5.73. The summed E-state index contributed by atoms with van der Waals surface area (Å²) in [5.74, 6) is 0.921. The molecule has 2 aromatic heterocycles. The Morgan fingerprint density at radius 1 is 1.00 bits per heavy atom. The normalized spacial score (nSPS) is 10.9. The molecule has 0 aliphatic heterocycles. The van der Waals surface area contributed by atoms with Crippen LogP contribution in [0.1, 0.15) is 16.1 Å². The Morgan fingerprint density at radius 2 is 1.84 bits per heavy atom. The summed E-state index contributed by atoms with van der Waals surface area (Å²) in [6, 6.07) is 20.1. The van der Waals surface area contributed by atoms with Gasteiger partial charge in [0.25, 0.3) is 5.91 Å². The van der Waals surface area contributed by atoms with E-state index < -0.39 is 0 Å². The highest BCUT2D eigenvalue weighted by Gasteiger charge is 2.16. The van der Waals surface area contributed by atoms with Crippen LogP contribution in [0.3, 0.4) is 0 Å². The van der Waals surface area contributed by atoms with Gasteiger partial charge in [-0.05, 0) is 36.4 Å². The molecule has 0 spiro atoms. The Hall–Kier alpha value is -4.26. The van der Waals surface area contributed by atoms with Crippen LogP contribution < -0.4 is 14.9 Å². The van der Waals surface area contributed by atoms with E-state index in [0.29, 0.717) is 34.0 Å². The van der Waals surface area contributed by atoms with E-state index in [2.05, 4.69) is 15.5 Å². The monoisotopic (exact) mass is 412 g/mol. The van der Waals surface area contributed by atoms with Crippen molar-refractivity contribution in [1.82, 2.24) is 15.4 Å². The molecule has 0 saturated heterocycles. The van der Waals surface area contributed by atoms with Gasteiger partial charge in [0.2, 0.25) is 0 Å². The molecule has 0 atom stereocenters. The lowest BCUT2D eigenvalue weighted by molar-refractivity contribution is 0.0956. The maximum absolute atomic E-state index is 13.0. The van der Waals surface area contributed by atoms with Crippen molar-refractivity contribution in [2.24, 2.45) is 5.10 Å². The number of hydrogen-bond acceptors (Lipinski definition) is 6. The summed E-state index contributed by atoms with van der Waals surface area (Å²) in [5, 5.41) is 4.76. The Balaban J connectivity index is 1.73. The van der Waals surface area contributed by atoms with E-state index in [4.69, 9.17) is 14.5 Å². The first kappa shape index (κ1) is 20.0. The van der Waals surface area contributed by atoms with Gasteiger partial charge in [0.15, 0.2) is 0 Å². The highest BCUT2D eigenvalue weighted by atomic mass is 16.5. The van der Waals surface area contributed by atoms with Crippen molar-refractivity contribution in [3.05, 3.63) is 84.2 Å². The number of para-hydroxylation sites is 1. The van der Waals surface area contributed by atoms with Crippen molar-refractivity contribution in [3.63, 3.8) is 0 Å². The minimum atomic E-state index is -0.348. The molecule has 7 heteroatoms. The van der Waals surface area contributed by atoms with Gasteiger partial charge in [0, 0.05) is 23.2 Å². The number of aromatic nitrogens is 2. The number of pyridine rings is 2. The maximum Gasteiger partial charge on any atom is 0.272 e. The fourth-order valence-electron chi connectivity index (χ4n) is 3.18. The lowest BCUT2D eigenvalue weighted by atomic mass is 10.0. The van der Waals surface area contributed by atoms with Gasteiger partial charge in [-0.2, -0.15) is 5.10 Å². The van der Waals surface area contributed by atoms with Crippen molar-refractivity contribution in [2.45, 2.75) is 0 Å². The third-order valence-corrected chi connectivity index (χ3v) is 4.70. The number of nitrogens with zero attached hydrogens (tertiary/aromatic N) is 3. The molecule has 0 bridgehead atoms.